The highest BCUT2D eigenvalue weighted by atomic mass is 32.1. The van der Waals surface area contributed by atoms with Gasteiger partial charge in [-0.25, -0.2) is 0 Å². The number of nitrogens with one attached hydrogen (secondary N) is 1. The largest absolute Gasteiger partial charge is 0.491 e. The maximum Gasteiger partial charge on any atom is 0.120 e. The Hall–Kier alpha value is -1.39. The molecule has 0 saturated heterocycles. The SMILES string of the molecule is CC(C)Oc1cccc(C(C)NC(C)c2cncs2)c1. The summed E-state index contributed by atoms with van der Waals surface area (Å²) in [5.41, 5.74) is 3.11. The number of hydrogen-bond acceptors (Lipinski definition) is 4. The highest BCUT2D eigenvalue weighted by molar-refractivity contribution is 7.09. The highest BCUT2D eigenvalue weighted by Crippen LogP contribution is 2.24. The van der Waals surface area contributed by atoms with E-state index in [1.165, 1.54) is 10.4 Å². The molecule has 2 atom stereocenters. The second kappa shape index (κ2) is 6.86. The lowest BCUT2D eigenvalue weighted by molar-refractivity contribution is 0.242. The Balaban J connectivity index is 2.03. The van der Waals surface area contributed by atoms with E-state index in [4.69, 9.17) is 4.74 Å². The molecule has 0 amide bonds. The van der Waals surface area contributed by atoms with E-state index in [1.54, 1.807) is 11.3 Å². The predicted octanol–water partition coefficient (Wildman–Crippen LogP) is 4.34. The summed E-state index contributed by atoms with van der Waals surface area (Å²) in [6.07, 6.45) is 2.12. The number of thiazole rings is 1. The van der Waals surface area contributed by atoms with E-state index in [0.717, 1.165) is 5.75 Å². The van der Waals surface area contributed by atoms with Gasteiger partial charge in [-0.15, -0.1) is 11.3 Å². The van der Waals surface area contributed by atoms with Crippen LogP contribution in [0.3, 0.4) is 0 Å². The second-order valence-corrected chi connectivity index (χ2v) is 6.17. The first-order valence-electron chi connectivity index (χ1n) is 6.97. The average molecular weight is 290 g/mol. The van der Waals surface area contributed by atoms with Gasteiger partial charge in [0.2, 0.25) is 0 Å². The van der Waals surface area contributed by atoms with Crippen LogP contribution in [0.2, 0.25) is 0 Å². The molecule has 1 aromatic carbocycles. The van der Waals surface area contributed by atoms with Gasteiger partial charge >= 0.3 is 0 Å². The van der Waals surface area contributed by atoms with Gasteiger partial charge in [0.25, 0.3) is 0 Å². The Bertz CT molecular complexity index is 525. The molecule has 2 aromatic rings. The van der Waals surface area contributed by atoms with Gasteiger partial charge in [-0.2, -0.15) is 0 Å². The smallest absolute Gasteiger partial charge is 0.120 e. The van der Waals surface area contributed by atoms with Crippen LogP contribution >= 0.6 is 11.3 Å². The Morgan fingerprint density at radius 2 is 1.95 bits per heavy atom. The molecular weight excluding hydrogens is 268 g/mol. The molecule has 0 aliphatic carbocycles. The zero-order valence-electron chi connectivity index (χ0n) is 12.5. The van der Waals surface area contributed by atoms with E-state index in [1.807, 2.05) is 37.7 Å². The van der Waals surface area contributed by atoms with Crippen molar-refractivity contribution in [1.82, 2.24) is 10.3 Å². The normalized spacial score (nSPS) is 14.2. The monoisotopic (exact) mass is 290 g/mol. The van der Waals surface area contributed by atoms with Gasteiger partial charge in [-0.3, -0.25) is 4.98 Å². The molecule has 0 spiro atoms. The number of hydrogen-bond donors (Lipinski definition) is 1. The van der Waals surface area contributed by atoms with Crippen LogP contribution in [0.5, 0.6) is 5.75 Å². The molecule has 2 unspecified atom stereocenters. The van der Waals surface area contributed by atoms with E-state index in [2.05, 4.69) is 36.3 Å². The summed E-state index contributed by atoms with van der Waals surface area (Å²) in [6.45, 7) is 8.42. The van der Waals surface area contributed by atoms with Gasteiger partial charge in [0.1, 0.15) is 5.75 Å². The summed E-state index contributed by atoms with van der Waals surface area (Å²) in [6, 6.07) is 8.85. The van der Waals surface area contributed by atoms with Gasteiger partial charge in [0.15, 0.2) is 0 Å². The third kappa shape index (κ3) is 4.05. The number of rotatable bonds is 6. The van der Waals surface area contributed by atoms with Gasteiger partial charge in [0.05, 0.1) is 11.6 Å². The standard InChI is InChI=1S/C16H22N2OS/c1-11(2)19-15-7-5-6-14(8-15)12(3)18-13(4)16-9-17-10-20-16/h5-13,18H,1-4H3. The van der Waals surface area contributed by atoms with Crippen molar-refractivity contribution >= 4 is 11.3 Å². The summed E-state index contributed by atoms with van der Waals surface area (Å²) in [7, 11) is 0. The molecule has 0 saturated carbocycles. The Morgan fingerprint density at radius 1 is 1.15 bits per heavy atom. The molecule has 0 bridgehead atoms. The van der Waals surface area contributed by atoms with Crippen LogP contribution in [-0.2, 0) is 0 Å². The van der Waals surface area contributed by atoms with Crippen LogP contribution in [0.4, 0.5) is 0 Å². The van der Waals surface area contributed by atoms with Crippen molar-refractivity contribution in [3.8, 4) is 5.75 Å². The van der Waals surface area contributed by atoms with Crippen LogP contribution in [-0.4, -0.2) is 11.1 Å². The molecule has 0 aliphatic heterocycles. The molecule has 1 aromatic heterocycles. The Kier molecular flexibility index (Phi) is 5.15. The van der Waals surface area contributed by atoms with Gasteiger partial charge in [-0.1, -0.05) is 12.1 Å². The fraction of sp³-hybridized carbons (Fsp3) is 0.438. The fourth-order valence-electron chi connectivity index (χ4n) is 2.12. The lowest BCUT2D eigenvalue weighted by Gasteiger charge is -2.20. The average Bonchev–Trinajstić information content (AvgIpc) is 2.92. The Morgan fingerprint density at radius 3 is 2.60 bits per heavy atom. The topological polar surface area (TPSA) is 34.1 Å². The van der Waals surface area contributed by atoms with E-state index < -0.39 is 0 Å². The fourth-order valence-corrected chi connectivity index (χ4v) is 2.76. The summed E-state index contributed by atoms with van der Waals surface area (Å²) in [4.78, 5) is 5.38. The third-order valence-electron chi connectivity index (χ3n) is 3.11. The summed E-state index contributed by atoms with van der Waals surface area (Å²) < 4.78 is 5.75. The van der Waals surface area contributed by atoms with Crippen LogP contribution in [0.15, 0.2) is 36.0 Å². The molecule has 0 fully saturated rings. The highest BCUT2D eigenvalue weighted by Gasteiger charge is 2.13. The van der Waals surface area contributed by atoms with Crippen molar-refractivity contribution < 1.29 is 4.74 Å². The Labute approximate surface area is 125 Å². The second-order valence-electron chi connectivity index (χ2n) is 5.25. The van der Waals surface area contributed by atoms with E-state index in [-0.39, 0.29) is 12.1 Å². The van der Waals surface area contributed by atoms with E-state index >= 15 is 0 Å². The quantitative estimate of drug-likeness (QED) is 0.859. The molecule has 1 N–H and O–H groups in total. The molecule has 2 rings (SSSR count). The minimum absolute atomic E-state index is 0.199. The number of aromatic nitrogens is 1. The van der Waals surface area contributed by atoms with E-state index in [9.17, 15) is 0 Å². The first kappa shape index (κ1) is 15.0. The zero-order valence-corrected chi connectivity index (χ0v) is 13.3. The molecule has 3 nitrogen and oxygen atoms in total. The number of ether oxygens (including phenoxy) is 1. The van der Waals surface area contributed by atoms with E-state index in [0.29, 0.717) is 6.04 Å². The molecule has 108 valence electrons. The van der Waals surface area contributed by atoms with Crippen LogP contribution in [0.25, 0.3) is 0 Å². The first-order chi connectivity index (χ1) is 9.56. The lowest BCUT2D eigenvalue weighted by atomic mass is 10.1. The zero-order chi connectivity index (χ0) is 14.5. The summed E-state index contributed by atoms with van der Waals surface area (Å²) in [5, 5.41) is 3.59. The predicted molar refractivity (Wildman–Crippen MR) is 84.3 cm³/mol. The molecule has 1 heterocycles. The van der Waals surface area contributed by atoms with Crippen molar-refractivity contribution in [2.75, 3.05) is 0 Å². The number of benzene rings is 1. The van der Waals surface area contributed by atoms with Gasteiger partial charge < -0.3 is 10.1 Å². The lowest BCUT2D eigenvalue weighted by Crippen LogP contribution is -2.21. The number of nitrogens with zero attached hydrogens (tertiary/aromatic N) is 1. The minimum atomic E-state index is 0.199. The van der Waals surface area contributed by atoms with Gasteiger partial charge in [0, 0.05) is 23.2 Å². The summed E-state index contributed by atoms with van der Waals surface area (Å²) in [5.74, 6) is 0.927. The summed E-state index contributed by atoms with van der Waals surface area (Å²) >= 11 is 1.68. The van der Waals surface area contributed by atoms with Crippen molar-refractivity contribution in [2.24, 2.45) is 0 Å². The maximum absolute atomic E-state index is 5.75. The molecular formula is C16H22N2OS. The molecule has 0 aliphatic rings. The van der Waals surface area contributed by atoms with Crippen LogP contribution in [0, 0.1) is 0 Å². The maximum atomic E-state index is 5.75. The van der Waals surface area contributed by atoms with Crippen LogP contribution < -0.4 is 10.1 Å². The van der Waals surface area contributed by atoms with Crippen molar-refractivity contribution in [1.29, 1.82) is 0 Å². The van der Waals surface area contributed by atoms with Crippen molar-refractivity contribution in [2.45, 2.75) is 45.9 Å². The van der Waals surface area contributed by atoms with Crippen LogP contribution in [0.1, 0.15) is 50.2 Å². The van der Waals surface area contributed by atoms with Gasteiger partial charge in [-0.05, 0) is 45.4 Å². The molecule has 4 heteroatoms. The third-order valence-corrected chi connectivity index (χ3v) is 4.07. The first-order valence-corrected chi connectivity index (χ1v) is 7.85. The van der Waals surface area contributed by atoms with Crippen molar-refractivity contribution in [3.05, 3.63) is 46.4 Å². The molecule has 20 heavy (non-hydrogen) atoms. The minimum Gasteiger partial charge on any atom is -0.491 e. The van der Waals surface area contributed by atoms with Crippen molar-refractivity contribution in [3.63, 3.8) is 0 Å². The molecule has 0 radical (unpaired) electrons.